The predicted molar refractivity (Wildman–Crippen MR) is 88.9 cm³/mol. The SMILES string of the molecule is CCCCP(CC)(CCCC)(CCCC)OC(=O)CF. The van der Waals surface area contributed by atoms with Crippen LogP contribution in [-0.4, -0.2) is 37.3 Å². The quantitative estimate of drug-likeness (QED) is 0.452. The van der Waals surface area contributed by atoms with Crippen LogP contribution in [0.2, 0.25) is 0 Å². The number of hydrogen-bond donors (Lipinski definition) is 0. The van der Waals surface area contributed by atoms with Crippen LogP contribution in [0.1, 0.15) is 66.2 Å². The summed E-state index contributed by atoms with van der Waals surface area (Å²) in [5.41, 5.74) is 0. The van der Waals surface area contributed by atoms with Crippen molar-refractivity contribution in [3.05, 3.63) is 0 Å². The Morgan fingerprint density at radius 1 is 0.900 bits per heavy atom. The van der Waals surface area contributed by atoms with Gasteiger partial charge in [-0.2, -0.15) is 0 Å². The van der Waals surface area contributed by atoms with Crippen molar-refractivity contribution >= 4 is 12.8 Å². The fourth-order valence-corrected chi connectivity index (χ4v) is 8.99. The average molecular weight is 308 g/mol. The Morgan fingerprint density at radius 3 is 1.55 bits per heavy atom. The van der Waals surface area contributed by atoms with E-state index in [-0.39, 0.29) is 0 Å². The predicted octanol–water partition coefficient (Wildman–Crippen LogP) is 5.39. The zero-order valence-electron chi connectivity index (χ0n) is 13.9. The van der Waals surface area contributed by atoms with Gasteiger partial charge in [0.15, 0.2) is 0 Å². The summed E-state index contributed by atoms with van der Waals surface area (Å²) in [6.07, 6.45) is 10.4. The first-order chi connectivity index (χ1) is 9.51. The first-order valence-electron chi connectivity index (χ1n) is 8.30. The summed E-state index contributed by atoms with van der Waals surface area (Å²) in [5.74, 6) is -0.632. The van der Waals surface area contributed by atoms with Crippen molar-refractivity contribution in [1.29, 1.82) is 0 Å². The van der Waals surface area contributed by atoms with E-state index in [1.807, 2.05) is 0 Å². The van der Waals surface area contributed by atoms with E-state index in [0.29, 0.717) is 0 Å². The maximum atomic E-state index is 12.7. The van der Waals surface area contributed by atoms with Crippen molar-refractivity contribution in [3.8, 4) is 0 Å². The molecule has 0 aliphatic carbocycles. The normalized spacial score (nSPS) is 13.8. The zero-order valence-corrected chi connectivity index (χ0v) is 14.8. The van der Waals surface area contributed by atoms with Crippen LogP contribution in [-0.2, 0) is 9.32 Å². The molecule has 0 radical (unpaired) electrons. The molecule has 0 saturated heterocycles. The number of carbonyl (C=O) groups is 1. The number of halogens is 1. The Hall–Kier alpha value is -0.170. The van der Waals surface area contributed by atoms with Gasteiger partial charge < -0.3 is 0 Å². The van der Waals surface area contributed by atoms with Crippen LogP contribution >= 0.6 is 6.83 Å². The Labute approximate surface area is 124 Å². The molecule has 0 N–H and O–H groups in total. The van der Waals surface area contributed by atoms with Gasteiger partial charge in [0.05, 0.1) is 0 Å². The summed E-state index contributed by atoms with van der Waals surface area (Å²) in [6.45, 7) is 5.11. The molecule has 4 heteroatoms. The van der Waals surface area contributed by atoms with E-state index in [1.165, 1.54) is 0 Å². The molecule has 0 rings (SSSR count). The van der Waals surface area contributed by atoms with Gasteiger partial charge in [-0.25, -0.2) is 0 Å². The molecule has 122 valence electrons. The molecule has 20 heavy (non-hydrogen) atoms. The molecule has 0 aromatic carbocycles. The van der Waals surface area contributed by atoms with Crippen LogP contribution in [0, 0.1) is 0 Å². The van der Waals surface area contributed by atoms with Gasteiger partial charge in [-0.15, -0.1) is 0 Å². The topological polar surface area (TPSA) is 26.3 Å². The Balaban J connectivity index is 5.36. The third-order valence-electron chi connectivity index (χ3n) is 4.50. The molecular weight excluding hydrogens is 274 g/mol. The minimum atomic E-state index is -2.54. The summed E-state index contributed by atoms with van der Waals surface area (Å²) >= 11 is 0. The molecule has 0 atom stereocenters. The first kappa shape index (κ1) is 19.8. The third kappa shape index (κ3) is 5.68. The molecule has 0 aromatic rings. The van der Waals surface area contributed by atoms with E-state index in [0.717, 1.165) is 63.2 Å². The molecule has 0 fully saturated rings. The van der Waals surface area contributed by atoms with E-state index < -0.39 is 19.5 Å². The van der Waals surface area contributed by atoms with Crippen LogP contribution in [0.4, 0.5) is 4.39 Å². The molecule has 0 aromatic heterocycles. The second kappa shape index (κ2) is 9.71. The molecule has 0 spiro atoms. The summed E-state index contributed by atoms with van der Waals surface area (Å²) in [7, 11) is 0. The van der Waals surface area contributed by atoms with Gasteiger partial charge in [-0.3, -0.25) is 0 Å². The molecule has 0 bridgehead atoms. The first-order valence-corrected chi connectivity index (χ1v) is 11.2. The number of hydrogen-bond acceptors (Lipinski definition) is 2. The van der Waals surface area contributed by atoms with Gasteiger partial charge in [0.1, 0.15) is 0 Å². The van der Waals surface area contributed by atoms with Gasteiger partial charge in [-0.05, 0) is 0 Å². The van der Waals surface area contributed by atoms with E-state index in [1.54, 1.807) is 0 Å². The van der Waals surface area contributed by atoms with Gasteiger partial charge in [0, 0.05) is 0 Å². The number of unbranched alkanes of at least 4 members (excludes halogenated alkanes) is 3. The van der Waals surface area contributed by atoms with Crippen molar-refractivity contribution in [2.24, 2.45) is 0 Å². The van der Waals surface area contributed by atoms with Gasteiger partial charge in [0.2, 0.25) is 0 Å². The Bertz CT molecular complexity index is 257. The summed E-state index contributed by atoms with van der Waals surface area (Å²) in [5, 5.41) is 0. The third-order valence-corrected chi connectivity index (χ3v) is 11.2. The monoisotopic (exact) mass is 308 g/mol. The second-order valence-electron chi connectivity index (χ2n) is 6.00. The molecule has 0 amide bonds. The van der Waals surface area contributed by atoms with E-state index in [4.69, 9.17) is 4.52 Å². The van der Waals surface area contributed by atoms with E-state index in [2.05, 4.69) is 27.7 Å². The molecular formula is C16H34FO2P. The number of rotatable bonds is 12. The van der Waals surface area contributed by atoms with E-state index >= 15 is 0 Å². The van der Waals surface area contributed by atoms with Crippen molar-refractivity contribution in [2.45, 2.75) is 66.2 Å². The van der Waals surface area contributed by atoms with Gasteiger partial charge >= 0.3 is 124 Å². The van der Waals surface area contributed by atoms with Crippen LogP contribution < -0.4 is 0 Å². The van der Waals surface area contributed by atoms with Gasteiger partial charge in [-0.1, -0.05) is 0 Å². The second-order valence-corrected chi connectivity index (χ2v) is 11.9. The van der Waals surface area contributed by atoms with Crippen LogP contribution in [0.15, 0.2) is 0 Å². The molecule has 0 unspecified atom stereocenters. The van der Waals surface area contributed by atoms with Crippen LogP contribution in [0.25, 0.3) is 0 Å². The molecule has 0 aliphatic heterocycles. The Morgan fingerprint density at radius 2 is 1.30 bits per heavy atom. The van der Waals surface area contributed by atoms with E-state index in [9.17, 15) is 9.18 Å². The fourth-order valence-electron chi connectivity index (χ4n) is 3.00. The standard InChI is InChI=1S/C16H34FO2P/c1-5-9-12-20(8-4,13-10-6-2,14-11-7-3)19-16(18)15-17/h5-15H2,1-4H3. The van der Waals surface area contributed by atoms with Crippen molar-refractivity contribution in [1.82, 2.24) is 0 Å². The number of carbonyl (C=O) groups excluding carboxylic acids is 1. The van der Waals surface area contributed by atoms with Crippen molar-refractivity contribution in [3.63, 3.8) is 0 Å². The fraction of sp³-hybridized carbons (Fsp3) is 0.938. The Kier molecular flexibility index (Phi) is 9.63. The zero-order chi connectivity index (χ0) is 15.5. The minimum absolute atomic E-state index is 0.632. The average Bonchev–Trinajstić information content (AvgIpc) is 2.49. The maximum absolute atomic E-state index is 12.7. The van der Waals surface area contributed by atoms with Crippen LogP contribution in [0.3, 0.4) is 0 Å². The van der Waals surface area contributed by atoms with Crippen molar-refractivity contribution in [2.75, 3.05) is 31.3 Å². The van der Waals surface area contributed by atoms with Crippen molar-refractivity contribution < 1.29 is 13.7 Å². The summed E-state index contributed by atoms with van der Waals surface area (Å²) in [6, 6.07) is 0. The summed E-state index contributed by atoms with van der Waals surface area (Å²) < 4.78 is 18.7. The molecule has 0 heterocycles. The van der Waals surface area contributed by atoms with Gasteiger partial charge in [0.25, 0.3) is 0 Å². The molecule has 0 saturated carbocycles. The number of alkyl halides is 1. The molecule has 2 nitrogen and oxygen atoms in total. The van der Waals surface area contributed by atoms with Crippen LogP contribution in [0.5, 0.6) is 0 Å². The summed E-state index contributed by atoms with van der Waals surface area (Å²) in [4.78, 5) is 11.7. The molecule has 0 aliphatic rings.